The standard InChI is InChI=1S/C15H21NO3S/c1-18-7-8-19-15-5-3-2-4-13(15)14(17)10-12-11-20-9-6-16-12/h2-5,12,16H,6-11H2,1H3. The van der Waals surface area contributed by atoms with Crippen LogP contribution >= 0.6 is 11.8 Å². The zero-order chi connectivity index (χ0) is 14.2. The largest absolute Gasteiger partial charge is 0.490 e. The Labute approximate surface area is 124 Å². The van der Waals surface area contributed by atoms with Crippen molar-refractivity contribution in [1.82, 2.24) is 5.32 Å². The van der Waals surface area contributed by atoms with Crippen LogP contribution in [-0.2, 0) is 4.74 Å². The maximum absolute atomic E-state index is 12.4. The number of ketones is 1. The topological polar surface area (TPSA) is 47.6 Å². The minimum Gasteiger partial charge on any atom is -0.490 e. The minimum atomic E-state index is 0.137. The molecule has 0 aliphatic carbocycles. The van der Waals surface area contributed by atoms with Gasteiger partial charge in [0.1, 0.15) is 12.4 Å². The van der Waals surface area contributed by atoms with Gasteiger partial charge in [0.2, 0.25) is 0 Å². The lowest BCUT2D eigenvalue weighted by molar-refractivity contribution is 0.0964. The van der Waals surface area contributed by atoms with Crippen molar-refractivity contribution in [3.63, 3.8) is 0 Å². The molecule has 0 aromatic heterocycles. The molecule has 5 heteroatoms. The number of nitrogens with one attached hydrogen (secondary N) is 1. The lowest BCUT2D eigenvalue weighted by atomic mass is 10.0. The van der Waals surface area contributed by atoms with E-state index in [4.69, 9.17) is 9.47 Å². The molecule has 0 radical (unpaired) electrons. The molecule has 0 saturated carbocycles. The van der Waals surface area contributed by atoms with Gasteiger partial charge in [0.15, 0.2) is 5.78 Å². The summed E-state index contributed by atoms with van der Waals surface area (Å²) >= 11 is 1.90. The number of Topliss-reactive ketones (excluding diaryl/α,β-unsaturated/α-hetero) is 1. The predicted octanol–water partition coefficient (Wildman–Crippen LogP) is 1.99. The fraction of sp³-hybridized carbons (Fsp3) is 0.533. The molecule has 1 aromatic rings. The van der Waals surface area contributed by atoms with Gasteiger partial charge in [-0.3, -0.25) is 4.79 Å². The van der Waals surface area contributed by atoms with E-state index in [2.05, 4.69) is 5.32 Å². The van der Waals surface area contributed by atoms with Crippen LogP contribution in [0.3, 0.4) is 0 Å². The lowest BCUT2D eigenvalue weighted by Crippen LogP contribution is -2.38. The number of para-hydroxylation sites is 1. The molecule has 0 bridgehead atoms. The Balaban J connectivity index is 1.97. The van der Waals surface area contributed by atoms with Crippen LogP contribution in [0.25, 0.3) is 0 Å². The number of carbonyl (C=O) groups is 1. The van der Waals surface area contributed by atoms with Gasteiger partial charge in [-0.1, -0.05) is 12.1 Å². The molecular weight excluding hydrogens is 274 g/mol. The smallest absolute Gasteiger partial charge is 0.168 e. The molecule has 1 saturated heterocycles. The molecular formula is C15H21NO3S. The summed E-state index contributed by atoms with van der Waals surface area (Å²) < 4.78 is 10.6. The summed E-state index contributed by atoms with van der Waals surface area (Å²) in [5.41, 5.74) is 0.668. The summed E-state index contributed by atoms with van der Waals surface area (Å²) in [6.07, 6.45) is 0.525. The van der Waals surface area contributed by atoms with Crippen molar-refractivity contribution >= 4 is 17.5 Å². The Morgan fingerprint density at radius 1 is 1.40 bits per heavy atom. The van der Waals surface area contributed by atoms with Gasteiger partial charge in [0, 0.05) is 37.6 Å². The number of hydrogen-bond donors (Lipinski definition) is 1. The van der Waals surface area contributed by atoms with E-state index < -0.39 is 0 Å². The average Bonchev–Trinajstić information content (AvgIpc) is 2.49. The lowest BCUT2D eigenvalue weighted by Gasteiger charge is -2.22. The summed E-state index contributed by atoms with van der Waals surface area (Å²) in [6.45, 7) is 1.95. The highest BCUT2D eigenvalue weighted by Gasteiger charge is 2.19. The Kier molecular flexibility index (Phi) is 6.36. The van der Waals surface area contributed by atoms with E-state index in [0.29, 0.717) is 30.9 Å². The van der Waals surface area contributed by atoms with Crippen molar-refractivity contribution < 1.29 is 14.3 Å². The molecule has 1 aromatic carbocycles. The van der Waals surface area contributed by atoms with E-state index in [1.165, 1.54) is 0 Å². The zero-order valence-corrected chi connectivity index (χ0v) is 12.6. The first kappa shape index (κ1) is 15.4. The van der Waals surface area contributed by atoms with Crippen LogP contribution in [-0.4, -0.2) is 50.2 Å². The monoisotopic (exact) mass is 295 g/mol. The van der Waals surface area contributed by atoms with Crippen LogP contribution in [0.4, 0.5) is 0 Å². The van der Waals surface area contributed by atoms with Gasteiger partial charge in [0.25, 0.3) is 0 Å². The quantitative estimate of drug-likeness (QED) is 0.616. The fourth-order valence-corrected chi connectivity index (χ4v) is 3.09. The van der Waals surface area contributed by atoms with Gasteiger partial charge in [-0.25, -0.2) is 0 Å². The molecule has 1 aliphatic rings. The molecule has 20 heavy (non-hydrogen) atoms. The minimum absolute atomic E-state index is 0.137. The number of ether oxygens (including phenoxy) is 2. The van der Waals surface area contributed by atoms with Crippen molar-refractivity contribution in [2.75, 3.05) is 38.4 Å². The second kappa shape index (κ2) is 8.29. The highest BCUT2D eigenvalue weighted by molar-refractivity contribution is 7.99. The van der Waals surface area contributed by atoms with Gasteiger partial charge < -0.3 is 14.8 Å². The van der Waals surface area contributed by atoms with Gasteiger partial charge in [-0.15, -0.1) is 0 Å². The van der Waals surface area contributed by atoms with Crippen molar-refractivity contribution in [2.24, 2.45) is 0 Å². The van der Waals surface area contributed by atoms with Crippen LogP contribution in [0.15, 0.2) is 24.3 Å². The van der Waals surface area contributed by atoms with Crippen molar-refractivity contribution in [1.29, 1.82) is 0 Å². The Morgan fingerprint density at radius 3 is 3.00 bits per heavy atom. The highest BCUT2D eigenvalue weighted by atomic mass is 32.2. The number of methoxy groups -OCH3 is 1. The maximum Gasteiger partial charge on any atom is 0.168 e. The Bertz CT molecular complexity index is 433. The van der Waals surface area contributed by atoms with Gasteiger partial charge in [0.05, 0.1) is 12.2 Å². The van der Waals surface area contributed by atoms with E-state index in [1.807, 2.05) is 36.0 Å². The molecule has 0 spiro atoms. The second-order valence-electron chi connectivity index (χ2n) is 4.69. The molecule has 2 rings (SSSR count). The molecule has 1 unspecified atom stereocenters. The number of hydrogen-bond acceptors (Lipinski definition) is 5. The summed E-state index contributed by atoms with van der Waals surface area (Å²) in [7, 11) is 1.63. The molecule has 4 nitrogen and oxygen atoms in total. The molecule has 1 fully saturated rings. The number of rotatable bonds is 7. The molecule has 1 N–H and O–H groups in total. The third kappa shape index (κ3) is 4.51. The van der Waals surface area contributed by atoms with Crippen LogP contribution in [0, 0.1) is 0 Å². The van der Waals surface area contributed by atoms with Crippen LogP contribution in [0.2, 0.25) is 0 Å². The highest BCUT2D eigenvalue weighted by Crippen LogP contribution is 2.21. The van der Waals surface area contributed by atoms with Gasteiger partial charge in [-0.2, -0.15) is 11.8 Å². The number of thioether (sulfide) groups is 1. The number of benzene rings is 1. The Morgan fingerprint density at radius 2 is 2.25 bits per heavy atom. The molecule has 1 atom stereocenters. The molecule has 110 valence electrons. The van der Waals surface area contributed by atoms with Crippen molar-refractivity contribution in [2.45, 2.75) is 12.5 Å². The van der Waals surface area contributed by atoms with E-state index >= 15 is 0 Å². The van der Waals surface area contributed by atoms with Crippen molar-refractivity contribution in [3.05, 3.63) is 29.8 Å². The summed E-state index contributed by atoms with van der Waals surface area (Å²) in [4.78, 5) is 12.4. The molecule has 0 amide bonds. The maximum atomic E-state index is 12.4. The first-order valence-electron chi connectivity index (χ1n) is 6.86. The third-order valence-corrected chi connectivity index (χ3v) is 4.29. The van der Waals surface area contributed by atoms with Crippen LogP contribution < -0.4 is 10.1 Å². The van der Waals surface area contributed by atoms with E-state index in [0.717, 1.165) is 18.1 Å². The summed E-state index contributed by atoms with van der Waals surface area (Å²) in [5, 5.41) is 3.39. The molecule has 1 aliphatic heterocycles. The third-order valence-electron chi connectivity index (χ3n) is 3.16. The van der Waals surface area contributed by atoms with Crippen LogP contribution in [0.1, 0.15) is 16.8 Å². The van der Waals surface area contributed by atoms with E-state index in [9.17, 15) is 4.79 Å². The number of carbonyl (C=O) groups excluding carboxylic acids is 1. The summed E-state index contributed by atoms with van der Waals surface area (Å²) in [5.74, 6) is 2.91. The van der Waals surface area contributed by atoms with E-state index in [1.54, 1.807) is 7.11 Å². The SMILES string of the molecule is COCCOc1ccccc1C(=O)CC1CSCCN1. The average molecular weight is 295 g/mol. The van der Waals surface area contributed by atoms with Crippen LogP contribution in [0.5, 0.6) is 5.75 Å². The van der Waals surface area contributed by atoms with Gasteiger partial charge >= 0.3 is 0 Å². The van der Waals surface area contributed by atoms with Crippen molar-refractivity contribution in [3.8, 4) is 5.75 Å². The first-order valence-corrected chi connectivity index (χ1v) is 8.02. The predicted molar refractivity (Wildman–Crippen MR) is 81.9 cm³/mol. The second-order valence-corrected chi connectivity index (χ2v) is 5.84. The Hall–Kier alpha value is -1.04. The zero-order valence-electron chi connectivity index (χ0n) is 11.8. The summed E-state index contributed by atoms with van der Waals surface area (Å²) in [6, 6.07) is 7.70. The van der Waals surface area contributed by atoms with Gasteiger partial charge in [-0.05, 0) is 12.1 Å². The first-order chi connectivity index (χ1) is 9.81. The normalized spacial score (nSPS) is 18.8. The molecule has 1 heterocycles. The fourth-order valence-electron chi connectivity index (χ4n) is 2.14. The van der Waals surface area contributed by atoms with E-state index in [-0.39, 0.29) is 11.8 Å².